The molecule has 2 heterocycles. The van der Waals surface area contributed by atoms with E-state index in [0.29, 0.717) is 10.9 Å². The minimum absolute atomic E-state index is 0.00589. The summed E-state index contributed by atoms with van der Waals surface area (Å²) in [5, 5.41) is 6.39. The Morgan fingerprint density at radius 2 is 1.93 bits per heavy atom. The Morgan fingerprint density at radius 1 is 1.18 bits per heavy atom. The van der Waals surface area contributed by atoms with E-state index < -0.39 is 28.2 Å². The number of alkyl halides is 3. The maximum Gasteiger partial charge on any atom is 0.417 e. The number of aromatic nitrogens is 3. The molecule has 4 aromatic rings. The summed E-state index contributed by atoms with van der Waals surface area (Å²) in [6.45, 7) is 0. The van der Waals surface area contributed by atoms with Crippen LogP contribution in [0.15, 0.2) is 53.5 Å². The van der Waals surface area contributed by atoms with Crippen LogP contribution < -0.4 is 10.9 Å². The summed E-state index contributed by atoms with van der Waals surface area (Å²) in [4.78, 5) is 27.4. The molecule has 1 amide bonds. The van der Waals surface area contributed by atoms with Gasteiger partial charge in [0.2, 0.25) is 0 Å². The molecule has 28 heavy (non-hydrogen) atoms. The van der Waals surface area contributed by atoms with Crippen LogP contribution in [-0.4, -0.2) is 20.5 Å². The number of carbonyl (C=O) groups excluding carboxylic acids is 1. The van der Waals surface area contributed by atoms with Gasteiger partial charge in [-0.3, -0.25) is 9.59 Å². The van der Waals surface area contributed by atoms with E-state index in [-0.39, 0.29) is 16.9 Å². The zero-order valence-electron chi connectivity index (χ0n) is 13.8. The normalized spacial score (nSPS) is 11.9. The van der Waals surface area contributed by atoms with Crippen molar-refractivity contribution in [3.05, 3.63) is 75.2 Å². The Bertz CT molecular complexity index is 1290. The van der Waals surface area contributed by atoms with Crippen LogP contribution >= 0.6 is 11.6 Å². The third kappa shape index (κ3) is 2.99. The lowest BCUT2D eigenvalue weighted by Crippen LogP contribution is -2.16. The van der Waals surface area contributed by atoms with E-state index in [9.17, 15) is 22.8 Å². The van der Waals surface area contributed by atoms with Crippen LogP contribution in [-0.2, 0) is 6.18 Å². The summed E-state index contributed by atoms with van der Waals surface area (Å²) in [5.41, 5.74) is -0.942. The molecule has 0 aliphatic rings. The third-order valence-electron chi connectivity index (χ3n) is 4.15. The number of fused-ring (bicyclic) bond motifs is 3. The lowest BCUT2D eigenvalue weighted by molar-refractivity contribution is -0.137. The van der Waals surface area contributed by atoms with Gasteiger partial charge in [-0.15, -0.1) is 0 Å². The number of nitrogens with zero attached hydrogens (tertiary/aromatic N) is 2. The monoisotopic (exact) mass is 406 g/mol. The lowest BCUT2D eigenvalue weighted by atomic mass is 10.2. The fourth-order valence-electron chi connectivity index (χ4n) is 2.86. The number of nitrogens with one attached hydrogen (secondary N) is 2. The van der Waals surface area contributed by atoms with Crippen LogP contribution in [0.5, 0.6) is 0 Å². The van der Waals surface area contributed by atoms with Gasteiger partial charge < -0.3 is 10.3 Å². The van der Waals surface area contributed by atoms with E-state index in [1.807, 2.05) is 0 Å². The molecule has 0 atom stereocenters. The Kier molecular flexibility index (Phi) is 4.11. The lowest BCUT2D eigenvalue weighted by Gasteiger charge is -2.11. The molecule has 0 unspecified atom stereocenters. The van der Waals surface area contributed by atoms with Crippen molar-refractivity contribution in [2.45, 2.75) is 6.18 Å². The largest absolute Gasteiger partial charge is 0.417 e. The van der Waals surface area contributed by atoms with Gasteiger partial charge in [-0.1, -0.05) is 23.7 Å². The maximum absolute atomic E-state index is 13.0. The molecule has 0 aliphatic heterocycles. The van der Waals surface area contributed by atoms with Crippen LogP contribution in [0.2, 0.25) is 5.02 Å². The number of hydrogen-bond acceptors (Lipinski definition) is 3. The number of anilines is 1. The SMILES string of the molecule is O=C(Nc1ccc(Cl)c(C(F)(F)F)c1)c1cnn2c1[nH]c(=O)c1ccccc12. The maximum atomic E-state index is 13.0. The number of para-hydroxylation sites is 1. The van der Waals surface area contributed by atoms with Gasteiger partial charge in [-0.2, -0.15) is 18.3 Å². The molecule has 0 fully saturated rings. The van der Waals surface area contributed by atoms with Crippen molar-refractivity contribution in [1.82, 2.24) is 14.6 Å². The molecule has 0 bridgehead atoms. The van der Waals surface area contributed by atoms with Crippen molar-refractivity contribution in [3.63, 3.8) is 0 Å². The number of H-pyrrole nitrogens is 1. The Morgan fingerprint density at radius 3 is 2.68 bits per heavy atom. The minimum atomic E-state index is -4.66. The molecule has 0 aliphatic carbocycles. The van der Waals surface area contributed by atoms with Crippen molar-refractivity contribution >= 4 is 39.7 Å². The van der Waals surface area contributed by atoms with Crippen molar-refractivity contribution in [3.8, 4) is 0 Å². The van der Waals surface area contributed by atoms with Gasteiger partial charge in [0.15, 0.2) is 0 Å². The second kappa shape index (κ2) is 6.38. The molecule has 2 aromatic carbocycles. The zero-order valence-corrected chi connectivity index (χ0v) is 14.6. The molecular formula is C18H10ClF3N4O2. The van der Waals surface area contributed by atoms with Gasteiger partial charge >= 0.3 is 6.18 Å². The van der Waals surface area contributed by atoms with Gasteiger partial charge in [0.05, 0.1) is 27.7 Å². The highest BCUT2D eigenvalue weighted by Gasteiger charge is 2.33. The number of aromatic amines is 1. The summed E-state index contributed by atoms with van der Waals surface area (Å²) in [7, 11) is 0. The number of hydrogen-bond donors (Lipinski definition) is 2. The van der Waals surface area contributed by atoms with Crippen LogP contribution in [0.25, 0.3) is 16.6 Å². The standard InChI is InChI=1S/C18H10ClF3N4O2/c19-13-6-5-9(7-12(13)18(20,21)22)24-17(28)11-8-23-26-14-4-2-1-3-10(14)16(27)25-15(11)26/h1-8H,(H,24,28)(H,25,27). The predicted molar refractivity (Wildman–Crippen MR) is 97.7 cm³/mol. The fraction of sp³-hybridized carbons (Fsp3) is 0.0556. The molecule has 2 N–H and O–H groups in total. The van der Waals surface area contributed by atoms with E-state index in [1.54, 1.807) is 24.3 Å². The van der Waals surface area contributed by atoms with Crippen LogP contribution in [0, 0.1) is 0 Å². The molecule has 0 saturated heterocycles. The van der Waals surface area contributed by atoms with Crippen molar-refractivity contribution < 1.29 is 18.0 Å². The number of amides is 1. The van der Waals surface area contributed by atoms with E-state index in [0.717, 1.165) is 12.1 Å². The average molecular weight is 407 g/mol. The molecule has 0 saturated carbocycles. The summed E-state index contributed by atoms with van der Waals surface area (Å²) in [6.07, 6.45) is -3.43. The van der Waals surface area contributed by atoms with Crippen LogP contribution in [0.1, 0.15) is 15.9 Å². The number of rotatable bonds is 2. The molecule has 0 radical (unpaired) electrons. The van der Waals surface area contributed by atoms with Gasteiger partial charge in [0, 0.05) is 5.69 Å². The van der Waals surface area contributed by atoms with Crippen molar-refractivity contribution in [1.29, 1.82) is 0 Å². The summed E-state index contributed by atoms with van der Waals surface area (Å²) in [5.74, 6) is -0.726. The van der Waals surface area contributed by atoms with E-state index in [2.05, 4.69) is 15.4 Å². The summed E-state index contributed by atoms with van der Waals surface area (Å²) in [6, 6.07) is 9.73. The number of halogens is 4. The Labute approximate surface area is 159 Å². The molecule has 10 heteroatoms. The highest BCUT2D eigenvalue weighted by atomic mass is 35.5. The number of carbonyl (C=O) groups is 1. The van der Waals surface area contributed by atoms with Crippen LogP contribution in [0.4, 0.5) is 18.9 Å². The summed E-state index contributed by atoms with van der Waals surface area (Å²) < 4.78 is 40.4. The predicted octanol–water partition coefficient (Wildman–Crippen LogP) is 4.10. The fourth-order valence-corrected chi connectivity index (χ4v) is 3.09. The Hall–Kier alpha value is -3.33. The first-order valence-electron chi connectivity index (χ1n) is 7.92. The van der Waals surface area contributed by atoms with Gasteiger partial charge in [-0.25, -0.2) is 4.52 Å². The first kappa shape index (κ1) is 18.1. The highest BCUT2D eigenvalue weighted by Crippen LogP contribution is 2.36. The van der Waals surface area contributed by atoms with E-state index in [1.165, 1.54) is 16.8 Å². The second-order valence-electron chi connectivity index (χ2n) is 5.94. The third-order valence-corrected chi connectivity index (χ3v) is 4.48. The topological polar surface area (TPSA) is 79.3 Å². The second-order valence-corrected chi connectivity index (χ2v) is 6.34. The van der Waals surface area contributed by atoms with Crippen LogP contribution in [0.3, 0.4) is 0 Å². The summed E-state index contributed by atoms with van der Waals surface area (Å²) >= 11 is 5.58. The average Bonchev–Trinajstić information content (AvgIpc) is 3.06. The van der Waals surface area contributed by atoms with Crippen molar-refractivity contribution in [2.24, 2.45) is 0 Å². The van der Waals surface area contributed by atoms with E-state index >= 15 is 0 Å². The molecule has 2 aromatic heterocycles. The molecule has 142 valence electrons. The first-order valence-corrected chi connectivity index (χ1v) is 8.30. The Balaban J connectivity index is 1.76. The van der Waals surface area contributed by atoms with Gasteiger partial charge in [0.1, 0.15) is 11.2 Å². The zero-order chi connectivity index (χ0) is 20.1. The quantitative estimate of drug-likeness (QED) is 0.526. The molecular weight excluding hydrogens is 397 g/mol. The van der Waals surface area contributed by atoms with Gasteiger partial charge in [0.25, 0.3) is 11.5 Å². The van der Waals surface area contributed by atoms with Crippen molar-refractivity contribution in [2.75, 3.05) is 5.32 Å². The smallest absolute Gasteiger partial charge is 0.322 e. The number of benzene rings is 2. The van der Waals surface area contributed by atoms with E-state index in [4.69, 9.17) is 11.6 Å². The molecule has 0 spiro atoms. The highest BCUT2D eigenvalue weighted by molar-refractivity contribution is 6.31. The minimum Gasteiger partial charge on any atom is -0.322 e. The first-order chi connectivity index (χ1) is 13.3. The van der Waals surface area contributed by atoms with Gasteiger partial charge in [-0.05, 0) is 30.3 Å². The molecule has 6 nitrogen and oxygen atoms in total. The molecule has 4 rings (SSSR count).